The largest absolute Gasteiger partial charge is 0.411 e. The Bertz CT molecular complexity index is 1290. The molecule has 2 atom stereocenters. The van der Waals surface area contributed by atoms with E-state index in [1.807, 2.05) is 67.6 Å². The minimum atomic E-state index is -2.61. The fourth-order valence-electron chi connectivity index (χ4n) is 3.79. The number of rotatable bonds is 9. The molecule has 4 rings (SSSR count). The van der Waals surface area contributed by atoms with Gasteiger partial charge >= 0.3 is 0 Å². The van der Waals surface area contributed by atoms with E-state index in [0.717, 1.165) is 28.0 Å². The molecule has 0 bridgehead atoms. The quantitative estimate of drug-likeness (QED) is 0.107. The summed E-state index contributed by atoms with van der Waals surface area (Å²) < 4.78 is 53.0. The first-order valence-corrected chi connectivity index (χ1v) is 12.7. The summed E-state index contributed by atoms with van der Waals surface area (Å²) in [5.41, 5.74) is 1.09. The summed E-state index contributed by atoms with van der Waals surface area (Å²) in [7, 11) is -2.61. The lowest BCUT2D eigenvalue weighted by Crippen LogP contribution is -2.08. The molecule has 0 amide bonds. The number of hydrogen-bond acceptors (Lipinski definition) is 5. The normalized spacial score (nSPS) is 12.7. The van der Waals surface area contributed by atoms with Crippen LogP contribution in [-0.4, -0.2) is 25.9 Å². The van der Waals surface area contributed by atoms with Crippen LogP contribution in [0.25, 0.3) is 21.5 Å². The van der Waals surface area contributed by atoms with E-state index in [-0.39, 0.29) is 18.6 Å². The molecule has 190 valence electrons. The van der Waals surface area contributed by atoms with Crippen LogP contribution in [0, 0.1) is 0 Å². The van der Waals surface area contributed by atoms with Gasteiger partial charge in [0.15, 0.2) is 0 Å². The van der Waals surface area contributed by atoms with Gasteiger partial charge in [-0.15, -0.1) is 0 Å². The van der Waals surface area contributed by atoms with Crippen molar-refractivity contribution >= 4 is 38.2 Å². The second-order valence-corrected chi connectivity index (χ2v) is 8.98. The molecular weight excluding hydrogens is 484 g/mol. The van der Waals surface area contributed by atoms with E-state index in [2.05, 4.69) is 9.34 Å². The number of oxime groups is 1. The monoisotopic (exact) mass is 513 g/mol. The molecule has 0 aliphatic heterocycles. The standard InChI is InChI=1S/C25H21F2NO.C3H8O3S/c26-24(21-11-9-17-5-1-3-7-19(17)13-21)15-23(28-29)16-25(27)22-12-10-18-6-2-4-8-20(18)14-22;1-2-3-6-7(4)5/h1-14,24-25,29H,15-16H2;7H,2-3H2,1H3. The third-order valence-electron chi connectivity index (χ3n) is 5.64. The summed E-state index contributed by atoms with van der Waals surface area (Å²) >= 11 is 0. The van der Waals surface area contributed by atoms with Crippen molar-refractivity contribution < 1.29 is 26.6 Å². The molecule has 4 aromatic carbocycles. The molecule has 0 fully saturated rings. The molecule has 0 aliphatic rings. The van der Waals surface area contributed by atoms with Crippen molar-refractivity contribution in [2.24, 2.45) is 5.16 Å². The minimum Gasteiger partial charge on any atom is -0.411 e. The first kappa shape index (κ1) is 27.2. The molecule has 0 radical (unpaired) electrons. The number of fused-ring (bicyclic) bond motifs is 2. The Kier molecular flexibility index (Phi) is 10.3. The van der Waals surface area contributed by atoms with Crippen molar-refractivity contribution in [3.8, 4) is 0 Å². The highest BCUT2D eigenvalue weighted by Gasteiger charge is 2.19. The molecule has 36 heavy (non-hydrogen) atoms. The highest BCUT2D eigenvalue weighted by atomic mass is 32.2. The van der Waals surface area contributed by atoms with Gasteiger partial charge in [-0.25, -0.2) is 17.2 Å². The summed E-state index contributed by atoms with van der Waals surface area (Å²) in [6.07, 6.45) is -2.29. The molecule has 2 unspecified atom stereocenters. The zero-order chi connectivity index (χ0) is 25.9. The molecule has 0 saturated carbocycles. The molecule has 0 saturated heterocycles. The van der Waals surface area contributed by atoms with Crippen LogP contribution >= 0.6 is 0 Å². The van der Waals surface area contributed by atoms with E-state index in [0.29, 0.717) is 17.7 Å². The Balaban J connectivity index is 0.000000454. The van der Waals surface area contributed by atoms with Crippen molar-refractivity contribution in [2.45, 2.75) is 38.5 Å². The van der Waals surface area contributed by atoms with Crippen LogP contribution in [0.2, 0.25) is 0 Å². The zero-order valence-electron chi connectivity index (χ0n) is 19.9. The molecule has 5 nitrogen and oxygen atoms in total. The van der Waals surface area contributed by atoms with Gasteiger partial charge in [-0.1, -0.05) is 84.9 Å². The Morgan fingerprint density at radius 3 is 1.61 bits per heavy atom. The Hall–Kier alpha value is -3.36. The molecule has 0 heterocycles. The third-order valence-corrected chi connectivity index (χ3v) is 6.04. The van der Waals surface area contributed by atoms with Crippen LogP contribution in [0.4, 0.5) is 8.78 Å². The predicted octanol–water partition coefficient (Wildman–Crippen LogP) is 7.26. The fourth-order valence-corrected chi connectivity index (χ4v) is 4.12. The van der Waals surface area contributed by atoms with E-state index < -0.39 is 23.3 Å². The molecule has 0 aliphatic carbocycles. The maximum atomic E-state index is 14.8. The number of hydrogen-bond donors (Lipinski definition) is 2. The maximum Gasteiger partial charge on any atom is 0.257 e. The van der Waals surface area contributed by atoms with Crippen molar-refractivity contribution in [3.63, 3.8) is 0 Å². The van der Waals surface area contributed by atoms with Gasteiger partial charge in [0.2, 0.25) is 0 Å². The minimum absolute atomic E-state index is 0.103. The molecule has 1 N–H and O–H groups in total. The molecular formula is C28H29F2NO4S. The average molecular weight is 514 g/mol. The zero-order valence-corrected chi connectivity index (χ0v) is 20.8. The van der Waals surface area contributed by atoms with Crippen molar-refractivity contribution in [3.05, 3.63) is 96.1 Å². The van der Waals surface area contributed by atoms with Crippen LogP contribution in [0.3, 0.4) is 0 Å². The third kappa shape index (κ3) is 7.83. The van der Waals surface area contributed by atoms with Crippen LogP contribution in [0.15, 0.2) is 90.1 Å². The Morgan fingerprint density at radius 2 is 1.25 bits per heavy atom. The number of benzene rings is 4. The first-order valence-electron chi connectivity index (χ1n) is 11.6. The van der Waals surface area contributed by atoms with E-state index >= 15 is 0 Å². The van der Waals surface area contributed by atoms with Gasteiger partial charge in [0, 0.05) is 12.8 Å². The molecule has 8 heteroatoms. The lowest BCUT2D eigenvalue weighted by Gasteiger charge is -2.14. The number of thiol groups is 1. The molecule has 0 spiro atoms. The lowest BCUT2D eigenvalue weighted by atomic mass is 9.97. The summed E-state index contributed by atoms with van der Waals surface area (Å²) in [5.74, 6) is 0. The molecule has 0 aromatic heterocycles. The second-order valence-electron chi connectivity index (χ2n) is 8.28. The van der Waals surface area contributed by atoms with Gasteiger partial charge in [-0.2, -0.15) is 0 Å². The van der Waals surface area contributed by atoms with Crippen molar-refractivity contribution in [1.29, 1.82) is 0 Å². The summed E-state index contributed by atoms with van der Waals surface area (Å²) in [5, 5.41) is 16.4. The average Bonchev–Trinajstić information content (AvgIpc) is 2.91. The summed E-state index contributed by atoms with van der Waals surface area (Å²) in [4.78, 5) is 0. The van der Waals surface area contributed by atoms with Crippen LogP contribution in [-0.2, 0) is 15.2 Å². The fraction of sp³-hybridized carbons (Fsp3) is 0.250. The van der Waals surface area contributed by atoms with Crippen molar-refractivity contribution in [2.75, 3.05) is 6.61 Å². The van der Waals surface area contributed by atoms with E-state index in [1.165, 1.54) is 0 Å². The number of nitrogens with zero attached hydrogens (tertiary/aromatic N) is 1. The summed E-state index contributed by atoms with van der Waals surface area (Å²) in [6.45, 7) is 2.15. The van der Waals surface area contributed by atoms with Gasteiger partial charge in [-0.05, 0) is 51.2 Å². The predicted molar refractivity (Wildman–Crippen MR) is 141 cm³/mol. The maximum absolute atomic E-state index is 14.8. The van der Waals surface area contributed by atoms with E-state index in [4.69, 9.17) is 0 Å². The van der Waals surface area contributed by atoms with E-state index in [1.54, 1.807) is 24.3 Å². The second kappa shape index (κ2) is 13.7. The lowest BCUT2D eigenvalue weighted by molar-refractivity contribution is 0.296. The van der Waals surface area contributed by atoms with Gasteiger partial charge in [-0.3, -0.25) is 4.18 Å². The number of halogens is 2. The Labute approximate surface area is 211 Å². The number of alkyl halides is 2. The van der Waals surface area contributed by atoms with Crippen LogP contribution < -0.4 is 0 Å². The van der Waals surface area contributed by atoms with Crippen molar-refractivity contribution in [1.82, 2.24) is 0 Å². The highest BCUT2D eigenvalue weighted by Crippen LogP contribution is 2.30. The highest BCUT2D eigenvalue weighted by molar-refractivity contribution is 7.67. The van der Waals surface area contributed by atoms with Gasteiger partial charge in [0.25, 0.3) is 11.0 Å². The summed E-state index contributed by atoms with van der Waals surface area (Å²) in [6, 6.07) is 26.2. The van der Waals surface area contributed by atoms with E-state index in [9.17, 15) is 22.4 Å². The van der Waals surface area contributed by atoms with Gasteiger partial charge in [0.1, 0.15) is 12.3 Å². The van der Waals surface area contributed by atoms with Gasteiger partial charge in [0.05, 0.1) is 12.3 Å². The Morgan fingerprint density at radius 1 is 0.806 bits per heavy atom. The van der Waals surface area contributed by atoms with Gasteiger partial charge < -0.3 is 5.21 Å². The van der Waals surface area contributed by atoms with Crippen LogP contribution in [0.1, 0.15) is 49.7 Å². The smallest absolute Gasteiger partial charge is 0.257 e. The van der Waals surface area contributed by atoms with Crippen LogP contribution in [0.5, 0.6) is 0 Å². The SMILES string of the molecule is CCCO[SH](=O)=O.ON=C(CC(F)c1ccc2ccccc2c1)CC(F)c1ccc2ccccc2c1. The first-order chi connectivity index (χ1) is 17.4. The molecule has 4 aromatic rings. The topological polar surface area (TPSA) is 76.0 Å².